The molecule has 1 aromatic heterocycles. The summed E-state index contributed by atoms with van der Waals surface area (Å²) in [5.74, 6) is 0.820. The second-order valence-electron chi connectivity index (χ2n) is 6.55. The smallest absolute Gasteiger partial charge is 0.188 e. The molecule has 1 unspecified atom stereocenters. The molecular formula is C21H17NO3. The Morgan fingerprint density at radius 3 is 2.72 bits per heavy atom. The molecule has 0 saturated carbocycles. The number of ether oxygens (including phenoxy) is 2. The summed E-state index contributed by atoms with van der Waals surface area (Å²) in [7, 11) is 3.35. The molecule has 5 rings (SSSR count). The number of hydrogen-bond donors (Lipinski definition) is 0. The van der Waals surface area contributed by atoms with E-state index in [1.54, 1.807) is 20.3 Å². The van der Waals surface area contributed by atoms with Crippen molar-refractivity contribution in [2.24, 2.45) is 0 Å². The van der Waals surface area contributed by atoms with Crippen LogP contribution in [0.25, 0.3) is 28.2 Å². The lowest BCUT2D eigenvalue weighted by Gasteiger charge is -2.17. The van der Waals surface area contributed by atoms with Crippen molar-refractivity contribution < 1.29 is 14.3 Å². The fourth-order valence-electron chi connectivity index (χ4n) is 4.28. The molecule has 0 fully saturated rings. The molecule has 25 heavy (non-hydrogen) atoms. The van der Waals surface area contributed by atoms with Crippen molar-refractivity contribution >= 4 is 22.8 Å². The molecule has 3 aromatic rings. The molecule has 0 radical (unpaired) electrons. The van der Waals surface area contributed by atoms with Crippen LogP contribution in [0.4, 0.5) is 0 Å². The molecule has 1 aliphatic carbocycles. The van der Waals surface area contributed by atoms with Gasteiger partial charge in [0.15, 0.2) is 12.0 Å². The quantitative estimate of drug-likeness (QED) is 0.701. The van der Waals surface area contributed by atoms with E-state index in [-0.39, 0.29) is 12.0 Å². The number of hydrogen-bond acceptors (Lipinski definition) is 3. The van der Waals surface area contributed by atoms with Crippen molar-refractivity contribution in [2.75, 3.05) is 14.2 Å². The predicted octanol–water partition coefficient (Wildman–Crippen LogP) is 4.34. The van der Waals surface area contributed by atoms with Gasteiger partial charge in [-0.15, -0.1) is 0 Å². The second-order valence-corrected chi connectivity index (χ2v) is 6.55. The number of carbonyl (C=O) groups is 1. The second kappa shape index (κ2) is 4.83. The number of aryl methyl sites for hydroxylation is 1. The summed E-state index contributed by atoms with van der Waals surface area (Å²) in [6, 6.07) is 10.2. The van der Waals surface area contributed by atoms with Crippen LogP contribution in [0.2, 0.25) is 0 Å². The molecule has 2 aromatic carbocycles. The van der Waals surface area contributed by atoms with Crippen molar-refractivity contribution in [3.05, 3.63) is 58.7 Å². The Balaban J connectivity index is 1.99. The standard InChI is InChI=1S/C21H17NO3/c1-11-9-12-7-8-15(23)19-17(12)14(10-11)22-20(19)13-5-4-6-16(24-2)18(13)21(22)25-3/h4-10,21H,1-3H3. The first-order chi connectivity index (χ1) is 12.2. The minimum absolute atomic E-state index is 0.0422. The number of allylic oxidation sites excluding steroid dienone is 1. The summed E-state index contributed by atoms with van der Waals surface area (Å²) in [6.07, 6.45) is 3.27. The largest absolute Gasteiger partial charge is 0.496 e. The molecule has 0 N–H and O–H groups in total. The van der Waals surface area contributed by atoms with Gasteiger partial charge in [0.05, 0.1) is 29.4 Å². The topological polar surface area (TPSA) is 40.5 Å². The molecule has 0 spiro atoms. The van der Waals surface area contributed by atoms with Crippen LogP contribution in [-0.2, 0) is 4.74 Å². The van der Waals surface area contributed by atoms with Crippen LogP contribution < -0.4 is 4.74 Å². The highest BCUT2D eigenvalue weighted by Gasteiger charge is 2.38. The molecular weight excluding hydrogens is 314 g/mol. The van der Waals surface area contributed by atoms with E-state index in [1.807, 2.05) is 24.3 Å². The maximum absolute atomic E-state index is 12.8. The van der Waals surface area contributed by atoms with Gasteiger partial charge in [-0.1, -0.05) is 24.3 Å². The SMILES string of the molecule is COc1cccc2c1C(OC)n1c-2c2c3c(cc(C)cc31)C=CC2=O. The highest BCUT2D eigenvalue weighted by molar-refractivity contribution is 6.24. The van der Waals surface area contributed by atoms with Crippen LogP contribution in [0.15, 0.2) is 36.4 Å². The summed E-state index contributed by atoms with van der Waals surface area (Å²) < 4.78 is 13.6. The van der Waals surface area contributed by atoms with Gasteiger partial charge in [-0.2, -0.15) is 0 Å². The van der Waals surface area contributed by atoms with Crippen LogP contribution >= 0.6 is 0 Å². The molecule has 1 atom stereocenters. The zero-order valence-corrected chi connectivity index (χ0v) is 14.3. The monoisotopic (exact) mass is 331 g/mol. The van der Waals surface area contributed by atoms with Gasteiger partial charge in [0.25, 0.3) is 0 Å². The lowest BCUT2D eigenvalue weighted by atomic mass is 9.92. The number of carbonyl (C=O) groups excluding carboxylic acids is 1. The Kier molecular flexibility index (Phi) is 2.80. The third kappa shape index (κ3) is 1.67. The van der Waals surface area contributed by atoms with Gasteiger partial charge in [0.1, 0.15) is 5.75 Å². The fraction of sp³-hybridized carbons (Fsp3) is 0.190. The third-order valence-corrected chi connectivity index (χ3v) is 5.19. The van der Waals surface area contributed by atoms with Crippen molar-refractivity contribution in [3.8, 4) is 17.0 Å². The van der Waals surface area contributed by atoms with Crippen molar-refractivity contribution in [1.82, 2.24) is 4.57 Å². The van der Waals surface area contributed by atoms with Crippen molar-refractivity contribution in [3.63, 3.8) is 0 Å². The average molecular weight is 331 g/mol. The number of fused-ring (bicyclic) bond motifs is 5. The van der Waals surface area contributed by atoms with Crippen LogP contribution in [0, 0.1) is 6.92 Å². The highest BCUT2D eigenvalue weighted by atomic mass is 16.5. The zero-order chi connectivity index (χ0) is 17.3. The Bertz CT molecular complexity index is 1100. The molecule has 1 aliphatic heterocycles. The summed E-state index contributed by atoms with van der Waals surface area (Å²) in [5.41, 5.74) is 6.95. The summed E-state index contributed by atoms with van der Waals surface area (Å²) in [5, 5.41) is 1.02. The summed E-state index contributed by atoms with van der Waals surface area (Å²) in [4.78, 5) is 12.8. The molecule has 2 aliphatic rings. The molecule has 2 heterocycles. The Morgan fingerprint density at radius 1 is 1.12 bits per heavy atom. The maximum Gasteiger partial charge on any atom is 0.188 e. The molecule has 0 saturated heterocycles. The van der Waals surface area contributed by atoms with Gasteiger partial charge in [-0.3, -0.25) is 4.79 Å². The van der Waals surface area contributed by atoms with Gasteiger partial charge in [-0.05, 0) is 36.3 Å². The van der Waals surface area contributed by atoms with E-state index in [9.17, 15) is 4.79 Å². The first-order valence-electron chi connectivity index (χ1n) is 8.26. The summed E-state index contributed by atoms with van der Waals surface area (Å²) in [6.45, 7) is 2.07. The number of nitrogens with zero attached hydrogens (tertiary/aromatic N) is 1. The van der Waals surface area contributed by atoms with E-state index in [0.29, 0.717) is 0 Å². The number of benzene rings is 2. The highest BCUT2D eigenvalue weighted by Crippen LogP contribution is 2.51. The maximum atomic E-state index is 12.8. The van der Waals surface area contributed by atoms with E-state index in [0.717, 1.165) is 50.2 Å². The third-order valence-electron chi connectivity index (χ3n) is 5.19. The minimum Gasteiger partial charge on any atom is -0.496 e. The van der Waals surface area contributed by atoms with E-state index in [4.69, 9.17) is 9.47 Å². The Labute approximate surface area is 145 Å². The zero-order valence-electron chi connectivity index (χ0n) is 14.3. The number of methoxy groups -OCH3 is 2. The Hall–Kier alpha value is -2.85. The summed E-state index contributed by atoms with van der Waals surface area (Å²) >= 11 is 0. The number of ketones is 1. The van der Waals surface area contributed by atoms with E-state index >= 15 is 0 Å². The van der Waals surface area contributed by atoms with Crippen LogP contribution in [0.1, 0.15) is 33.3 Å². The van der Waals surface area contributed by atoms with Crippen LogP contribution in [-0.4, -0.2) is 24.6 Å². The molecule has 124 valence electrons. The first-order valence-corrected chi connectivity index (χ1v) is 8.26. The van der Waals surface area contributed by atoms with E-state index in [1.165, 1.54) is 0 Å². The fourth-order valence-corrected chi connectivity index (χ4v) is 4.28. The normalized spacial score (nSPS) is 17.1. The van der Waals surface area contributed by atoms with Gasteiger partial charge >= 0.3 is 0 Å². The number of rotatable bonds is 2. The van der Waals surface area contributed by atoms with E-state index in [2.05, 4.69) is 23.6 Å². The van der Waals surface area contributed by atoms with Crippen LogP contribution in [0.5, 0.6) is 5.75 Å². The lowest BCUT2D eigenvalue weighted by molar-refractivity contribution is 0.0864. The lowest BCUT2D eigenvalue weighted by Crippen LogP contribution is -2.09. The Morgan fingerprint density at radius 2 is 1.96 bits per heavy atom. The predicted molar refractivity (Wildman–Crippen MR) is 97.2 cm³/mol. The molecule has 4 heteroatoms. The first kappa shape index (κ1) is 14.5. The van der Waals surface area contributed by atoms with Crippen molar-refractivity contribution in [1.29, 1.82) is 0 Å². The van der Waals surface area contributed by atoms with Gasteiger partial charge in [-0.25, -0.2) is 0 Å². The number of aromatic nitrogens is 1. The molecule has 4 nitrogen and oxygen atoms in total. The molecule has 0 bridgehead atoms. The van der Waals surface area contributed by atoms with Crippen LogP contribution in [0.3, 0.4) is 0 Å². The minimum atomic E-state index is -0.307. The van der Waals surface area contributed by atoms with Crippen molar-refractivity contribution in [2.45, 2.75) is 13.2 Å². The van der Waals surface area contributed by atoms with Gasteiger partial charge in [0, 0.05) is 18.1 Å². The van der Waals surface area contributed by atoms with E-state index < -0.39 is 0 Å². The van der Waals surface area contributed by atoms with Gasteiger partial charge < -0.3 is 14.0 Å². The average Bonchev–Trinajstić information content (AvgIpc) is 3.12. The van der Waals surface area contributed by atoms with Gasteiger partial charge in [0.2, 0.25) is 0 Å². The molecule has 0 amide bonds.